The van der Waals surface area contributed by atoms with E-state index in [0.717, 1.165) is 18.3 Å². The Morgan fingerprint density at radius 2 is 1.71 bits per heavy atom. The second-order valence-electron chi connectivity index (χ2n) is 5.73. The molecule has 94 valence electrons. The van der Waals surface area contributed by atoms with Crippen molar-refractivity contribution in [1.29, 1.82) is 0 Å². The van der Waals surface area contributed by atoms with Crippen molar-refractivity contribution >= 4 is 11.6 Å². The van der Waals surface area contributed by atoms with Crippen LogP contribution in [0.4, 0.5) is 0 Å². The number of hydrogen-bond acceptors (Lipinski definition) is 0. The smallest absolute Gasteiger partial charge is 0.0404 e. The van der Waals surface area contributed by atoms with Gasteiger partial charge in [0.1, 0.15) is 0 Å². The highest BCUT2D eigenvalue weighted by Crippen LogP contribution is 2.33. The number of alkyl halides is 1. The van der Waals surface area contributed by atoms with Gasteiger partial charge in [0.15, 0.2) is 0 Å². The highest BCUT2D eigenvalue weighted by atomic mass is 35.5. The summed E-state index contributed by atoms with van der Waals surface area (Å²) in [5, 5.41) is 0.324. The van der Waals surface area contributed by atoms with E-state index in [-0.39, 0.29) is 0 Å². The Morgan fingerprint density at radius 1 is 1.12 bits per heavy atom. The predicted molar refractivity (Wildman–Crippen MR) is 75.6 cm³/mol. The normalized spacial score (nSPS) is 26.8. The summed E-state index contributed by atoms with van der Waals surface area (Å²) in [6.07, 6.45) is 6.40. The van der Waals surface area contributed by atoms with E-state index in [2.05, 4.69) is 38.1 Å². The lowest BCUT2D eigenvalue weighted by Gasteiger charge is -2.29. The molecule has 17 heavy (non-hydrogen) atoms. The van der Waals surface area contributed by atoms with E-state index in [4.69, 9.17) is 11.6 Å². The lowest BCUT2D eigenvalue weighted by Crippen LogP contribution is -2.22. The molecule has 0 bridgehead atoms. The molecule has 1 aromatic carbocycles. The lowest BCUT2D eigenvalue weighted by molar-refractivity contribution is 0.281. The number of halogens is 1. The molecule has 1 aromatic rings. The van der Waals surface area contributed by atoms with Crippen molar-refractivity contribution in [2.24, 2.45) is 11.8 Å². The third-order valence-electron chi connectivity index (χ3n) is 4.12. The first kappa shape index (κ1) is 13.0. The fourth-order valence-electron chi connectivity index (χ4n) is 2.76. The van der Waals surface area contributed by atoms with Gasteiger partial charge in [0.05, 0.1) is 0 Å². The molecule has 2 rings (SSSR count). The lowest BCUT2D eigenvalue weighted by atomic mass is 9.80. The summed E-state index contributed by atoms with van der Waals surface area (Å²) < 4.78 is 0. The van der Waals surface area contributed by atoms with Crippen LogP contribution in [0.3, 0.4) is 0 Å². The Labute approximate surface area is 110 Å². The van der Waals surface area contributed by atoms with Crippen molar-refractivity contribution in [3.63, 3.8) is 0 Å². The van der Waals surface area contributed by atoms with Crippen molar-refractivity contribution in [1.82, 2.24) is 0 Å². The monoisotopic (exact) mass is 250 g/mol. The van der Waals surface area contributed by atoms with Crippen molar-refractivity contribution in [3.05, 3.63) is 35.4 Å². The van der Waals surface area contributed by atoms with Gasteiger partial charge in [-0.25, -0.2) is 0 Å². The molecule has 1 heteroatoms. The molecule has 0 N–H and O–H groups in total. The summed E-state index contributed by atoms with van der Waals surface area (Å²) in [7, 11) is 0. The standard InChI is InChI=1S/C16H23Cl/c1-12-3-7-14(8-4-12)11-16(17)15-9-5-13(2)6-10-15/h3-4,7-8,13,15-16H,5-6,9-11H2,1-2H3. The van der Waals surface area contributed by atoms with Crippen molar-refractivity contribution in [2.45, 2.75) is 51.3 Å². The maximum absolute atomic E-state index is 6.58. The Balaban J connectivity index is 1.88. The van der Waals surface area contributed by atoms with E-state index < -0.39 is 0 Å². The van der Waals surface area contributed by atoms with Crippen molar-refractivity contribution < 1.29 is 0 Å². The average molecular weight is 251 g/mol. The number of benzene rings is 1. The van der Waals surface area contributed by atoms with Crippen LogP contribution in [0.5, 0.6) is 0 Å². The van der Waals surface area contributed by atoms with Crippen LogP contribution >= 0.6 is 11.6 Å². The predicted octanol–water partition coefficient (Wildman–Crippen LogP) is 4.97. The second-order valence-corrected chi connectivity index (χ2v) is 6.29. The van der Waals surface area contributed by atoms with E-state index >= 15 is 0 Å². The zero-order chi connectivity index (χ0) is 12.3. The minimum absolute atomic E-state index is 0.324. The maximum Gasteiger partial charge on any atom is 0.0404 e. The molecule has 0 amide bonds. The number of hydrogen-bond donors (Lipinski definition) is 0. The molecule has 0 nitrogen and oxygen atoms in total. The van der Waals surface area contributed by atoms with Crippen LogP contribution in [0, 0.1) is 18.8 Å². The Kier molecular flexibility index (Phi) is 4.50. The van der Waals surface area contributed by atoms with E-state index in [1.807, 2.05) is 0 Å². The molecule has 1 aliphatic rings. The molecule has 1 atom stereocenters. The zero-order valence-corrected chi connectivity index (χ0v) is 11.7. The Bertz CT molecular complexity index is 333. The first-order valence-electron chi connectivity index (χ1n) is 6.85. The van der Waals surface area contributed by atoms with E-state index in [0.29, 0.717) is 5.38 Å². The van der Waals surface area contributed by atoms with Crippen LogP contribution in [-0.4, -0.2) is 5.38 Å². The third-order valence-corrected chi connectivity index (χ3v) is 4.63. The van der Waals surface area contributed by atoms with Crippen molar-refractivity contribution in [2.75, 3.05) is 0 Å². The van der Waals surface area contributed by atoms with Gasteiger partial charge in [-0.3, -0.25) is 0 Å². The molecule has 1 saturated carbocycles. The third kappa shape index (κ3) is 3.74. The molecule has 0 spiro atoms. The van der Waals surface area contributed by atoms with Crippen LogP contribution in [0.2, 0.25) is 0 Å². The molecular formula is C16H23Cl. The first-order chi connectivity index (χ1) is 8.15. The summed E-state index contributed by atoms with van der Waals surface area (Å²) in [6, 6.07) is 8.80. The maximum atomic E-state index is 6.58. The van der Waals surface area contributed by atoms with Gasteiger partial charge in [-0.1, -0.05) is 49.6 Å². The minimum atomic E-state index is 0.324. The summed E-state index contributed by atoms with van der Waals surface area (Å²) in [4.78, 5) is 0. The van der Waals surface area contributed by atoms with Crippen LogP contribution in [0.1, 0.15) is 43.7 Å². The number of aryl methyl sites for hydroxylation is 1. The summed E-state index contributed by atoms with van der Waals surface area (Å²) in [5.41, 5.74) is 2.71. The Hall–Kier alpha value is -0.490. The fourth-order valence-corrected chi connectivity index (χ4v) is 3.19. The minimum Gasteiger partial charge on any atom is -0.122 e. The van der Waals surface area contributed by atoms with Crippen LogP contribution in [-0.2, 0) is 6.42 Å². The first-order valence-corrected chi connectivity index (χ1v) is 7.28. The largest absolute Gasteiger partial charge is 0.122 e. The quantitative estimate of drug-likeness (QED) is 0.665. The van der Waals surface area contributed by atoms with E-state index in [1.54, 1.807) is 0 Å². The SMILES string of the molecule is Cc1ccc(CC(Cl)C2CCC(C)CC2)cc1. The summed E-state index contributed by atoms with van der Waals surface area (Å²) in [6.45, 7) is 4.49. The average Bonchev–Trinajstić information content (AvgIpc) is 2.33. The topological polar surface area (TPSA) is 0 Å². The molecule has 0 radical (unpaired) electrons. The van der Waals surface area contributed by atoms with Crippen LogP contribution in [0.25, 0.3) is 0 Å². The molecule has 0 aromatic heterocycles. The highest BCUT2D eigenvalue weighted by molar-refractivity contribution is 6.20. The highest BCUT2D eigenvalue weighted by Gasteiger charge is 2.24. The molecule has 0 aliphatic heterocycles. The van der Waals surface area contributed by atoms with E-state index in [1.165, 1.54) is 36.8 Å². The molecule has 1 fully saturated rings. The van der Waals surface area contributed by atoms with Crippen LogP contribution in [0.15, 0.2) is 24.3 Å². The van der Waals surface area contributed by atoms with Gasteiger partial charge >= 0.3 is 0 Å². The molecular weight excluding hydrogens is 228 g/mol. The van der Waals surface area contributed by atoms with Crippen molar-refractivity contribution in [3.8, 4) is 0 Å². The molecule has 1 unspecified atom stereocenters. The van der Waals surface area contributed by atoms with E-state index in [9.17, 15) is 0 Å². The zero-order valence-electron chi connectivity index (χ0n) is 11.0. The van der Waals surface area contributed by atoms with Gasteiger partial charge in [0.25, 0.3) is 0 Å². The molecule has 1 aliphatic carbocycles. The van der Waals surface area contributed by atoms with Gasteiger partial charge in [-0.2, -0.15) is 0 Å². The van der Waals surface area contributed by atoms with Gasteiger partial charge in [-0.15, -0.1) is 11.6 Å². The summed E-state index contributed by atoms with van der Waals surface area (Å²) >= 11 is 6.58. The van der Waals surface area contributed by atoms with Gasteiger partial charge in [0, 0.05) is 5.38 Å². The van der Waals surface area contributed by atoms with Gasteiger partial charge < -0.3 is 0 Å². The second kappa shape index (κ2) is 5.91. The van der Waals surface area contributed by atoms with Crippen LogP contribution < -0.4 is 0 Å². The molecule has 0 saturated heterocycles. The van der Waals surface area contributed by atoms with Gasteiger partial charge in [0.2, 0.25) is 0 Å². The summed E-state index contributed by atoms with van der Waals surface area (Å²) in [5.74, 6) is 1.64. The number of rotatable bonds is 3. The Morgan fingerprint density at radius 3 is 2.29 bits per heavy atom. The fraction of sp³-hybridized carbons (Fsp3) is 0.625. The van der Waals surface area contributed by atoms with Gasteiger partial charge in [-0.05, 0) is 43.6 Å². The molecule has 0 heterocycles.